The Balaban J connectivity index is 2.09. The molecule has 120 valence electrons. The van der Waals surface area contributed by atoms with Gasteiger partial charge in [0.2, 0.25) is 0 Å². The molecule has 1 nitrogen and oxygen atoms in total. The van der Waals surface area contributed by atoms with E-state index in [2.05, 4.69) is 45.2 Å². The van der Waals surface area contributed by atoms with E-state index in [1.54, 1.807) is 0 Å². The van der Waals surface area contributed by atoms with Crippen LogP contribution in [0, 0.1) is 42.1 Å². The van der Waals surface area contributed by atoms with Crippen LogP contribution >= 0.6 is 0 Å². The molecule has 0 N–H and O–H groups in total. The first kappa shape index (κ1) is 15.9. The largest absolute Gasteiger partial charge is 0.287 e. The standard InChI is InChI=1S/C21H32N/c1-13(2)11-17-12-15(4)18-8-7-16(5)21(22-6)10-9-14(3)19(17)20(18)21/h6,11,15-20H,3,7-10,12H2,1-2,4-5H3/q+1. The lowest BCUT2D eigenvalue weighted by Crippen LogP contribution is -2.58. The third-order valence-corrected chi connectivity index (χ3v) is 7.15. The lowest BCUT2D eigenvalue weighted by molar-refractivity contribution is -0.0390. The molecule has 0 aliphatic heterocycles. The molecular formula is C21H32N+. The second-order valence-corrected chi connectivity index (χ2v) is 8.59. The molecule has 0 aromatic rings. The second-order valence-electron chi connectivity index (χ2n) is 8.59. The Hall–Kier alpha value is -1.03. The van der Waals surface area contributed by atoms with Crippen molar-refractivity contribution in [3.63, 3.8) is 0 Å². The van der Waals surface area contributed by atoms with Crippen molar-refractivity contribution < 1.29 is 0 Å². The molecule has 0 amide bonds. The molecule has 22 heavy (non-hydrogen) atoms. The minimum atomic E-state index is 0.0111. The van der Waals surface area contributed by atoms with Crippen LogP contribution in [0.5, 0.6) is 0 Å². The molecule has 7 atom stereocenters. The first-order valence-corrected chi connectivity index (χ1v) is 9.15. The molecule has 1 heteroatoms. The monoisotopic (exact) mass is 298 g/mol. The number of hydrogen-bond acceptors (Lipinski definition) is 0. The van der Waals surface area contributed by atoms with E-state index in [9.17, 15) is 0 Å². The SMILES string of the molecule is C#[N+]C12CCC(=C)C3C(C=C(C)C)CC(C)C(CCC1C)C32. The quantitative estimate of drug-likeness (QED) is 0.528. The Labute approximate surface area is 136 Å². The van der Waals surface area contributed by atoms with Crippen molar-refractivity contribution in [3.05, 3.63) is 28.6 Å². The van der Waals surface area contributed by atoms with Crippen LogP contribution in [0.15, 0.2) is 23.8 Å². The van der Waals surface area contributed by atoms with E-state index >= 15 is 0 Å². The van der Waals surface area contributed by atoms with Crippen molar-refractivity contribution in [2.45, 2.75) is 65.3 Å². The third kappa shape index (κ3) is 2.18. The van der Waals surface area contributed by atoms with E-state index < -0.39 is 0 Å². The van der Waals surface area contributed by atoms with Gasteiger partial charge in [0.05, 0.1) is 5.92 Å². The maximum atomic E-state index is 6.06. The zero-order valence-electron chi connectivity index (χ0n) is 14.8. The molecule has 3 fully saturated rings. The smallest absolute Gasteiger partial charge is 0.0995 e. The molecule has 0 saturated heterocycles. The van der Waals surface area contributed by atoms with Crippen molar-refractivity contribution in [2.75, 3.05) is 0 Å². The number of hydrogen-bond donors (Lipinski definition) is 0. The van der Waals surface area contributed by atoms with Crippen LogP contribution in [0.25, 0.3) is 4.85 Å². The summed E-state index contributed by atoms with van der Waals surface area (Å²) in [7, 11) is 0. The summed E-state index contributed by atoms with van der Waals surface area (Å²) in [5.74, 6) is 4.04. The fourth-order valence-electron chi connectivity index (χ4n) is 6.18. The zero-order chi connectivity index (χ0) is 16.1. The van der Waals surface area contributed by atoms with Gasteiger partial charge in [0, 0.05) is 12.3 Å². The number of rotatable bonds is 1. The van der Waals surface area contributed by atoms with E-state index in [0.29, 0.717) is 23.7 Å². The Kier molecular flexibility index (Phi) is 4.00. The van der Waals surface area contributed by atoms with Gasteiger partial charge in [-0.2, -0.15) is 0 Å². The van der Waals surface area contributed by atoms with Crippen molar-refractivity contribution in [1.82, 2.24) is 0 Å². The predicted octanol–water partition coefficient (Wildman–Crippen LogP) is 5.94. The first-order chi connectivity index (χ1) is 10.4. The van der Waals surface area contributed by atoms with Gasteiger partial charge in [0.25, 0.3) is 12.1 Å². The van der Waals surface area contributed by atoms with E-state index in [0.717, 1.165) is 24.7 Å². The summed E-state index contributed by atoms with van der Waals surface area (Å²) in [5.41, 5.74) is 2.92. The molecular weight excluding hydrogens is 266 g/mol. The maximum Gasteiger partial charge on any atom is 0.287 e. The average Bonchev–Trinajstić information content (AvgIpc) is 2.46. The molecule has 0 spiro atoms. The fourth-order valence-corrected chi connectivity index (χ4v) is 6.18. The van der Waals surface area contributed by atoms with E-state index in [1.165, 1.54) is 30.4 Å². The van der Waals surface area contributed by atoms with Crippen LogP contribution in [-0.4, -0.2) is 5.54 Å². The van der Waals surface area contributed by atoms with Gasteiger partial charge in [-0.3, -0.25) is 0 Å². The molecule has 0 bridgehead atoms. The summed E-state index contributed by atoms with van der Waals surface area (Å²) in [4.78, 5) is 4.59. The Morgan fingerprint density at radius 3 is 2.68 bits per heavy atom. The Bertz CT molecular complexity index is 533. The molecule has 0 heterocycles. The molecule has 0 aromatic carbocycles. The third-order valence-electron chi connectivity index (χ3n) is 7.15. The summed E-state index contributed by atoms with van der Waals surface area (Å²) in [6, 6.07) is 0. The molecule has 0 aromatic heterocycles. The van der Waals surface area contributed by atoms with E-state index in [1.807, 2.05) is 0 Å². The fraction of sp³-hybridized carbons (Fsp3) is 0.762. The van der Waals surface area contributed by atoms with Crippen LogP contribution in [0.2, 0.25) is 0 Å². The van der Waals surface area contributed by atoms with Crippen molar-refractivity contribution in [1.29, 1.82) is 0 Å². The summed E-state index contributed by atoms with van der Waals surface area (Å²) in [5, 5.41) is 0. The van der Waals surface area contributed by atoms with E-state index in [4.69, 9.17) is 6.57 Å². The summed E-state index contributed by atoms with van der Waals surface area (Å²) in [6.45, 7) is 19.8. The van der Waals surface area contributed by atoms with Crippen LogP contribution in [0.4, 0.5) is 0 Å². The first-order valence-electron chi connectivity index (χ1n) is 9.15. The molecule has 3 rings (SSSR count). The van der Waals surface area contributed by atoms with Gasteiger partial charge in [-0.15, -0.1) is 0 Å². The van der Waals surface area contributed by atoms with Crippen LogP contribution in [0.1, 0.15) is 59.8 Å². The van der Waals surface area contributed by atoms with Crippen molar-refractivity contribution in [2.24, 2.45) is 35.5 Å². The Morgan fingerprint density at radius 1 is 1.32 bits per heavy atom. The van der Waals surface area contributed by atoms with Crippen molar-refractivity contribution >= 4 is 0 Å². The average molecular weight is 298 g/mol. The van der Waals surface area contributed by atoms with Crippen LogP contribution < -0.4 is 0 Å². The highest BCUT2D eigenvalue weighted by molar-refractivity contribution is 5.27. The molecule has 3 aliphatic rings. The summed E-state index contributed by atoms with van der Waals surface area (Å²) < 4.78 is 0. The normalized spacial score (nSPS) is 47.3. The molecule has 7 unspecified atom stereocenters. The lowest BCUT2D eigenvalue weighted by Gasteiger charge is -2.56. The number of allylic oxidation sites excluding steroid dienone is 3. The number of nitrogens with zero attached hydrogens (tertiary/aromatic N) is 1. The van der Waals surface area contributed by atoms with Gasteiger partial charge in [0.1, 0.15) is 0 Å². The summed E-state index contributed by atoms with van der Waals surface area (Å²) in [6.07, 6.45) is 8.70. The topological polar surface area (TPSA) is 4.36 Å². The highest BCUT2D eigenvalue weighted by Gasteiger charge is 2.66. The van der Waals surface area contributed by atoms with Gasteiger partial charge in [-0.1, -0.05) is 42.5 Å². The summed E-state index contributed by atoms with van der Waals surface area (Å²) >= 11 is 0. The minimum absolute atomic E-state index is 0.0111. The van der Waals surface area contributed by atoms with Crippen LogP contribution in [-0.2, 0) is 0 Å². The zero-order valence-corrected chi connectivity index (χ0v) is 14.8. The van der Waals surface area contributed by atoms with Gasteiger partial charge in [-0.05, 0) is 63.2 Å². The van der Waals surface area contributed by atoms with Crippen LogP contribution in [0.3, 0.4) is 0 Å². The van der Waals surface area contributed by atoms with Gasteiger partial charge in [-0.25, -0.2) is 0 Å². The molecule has 3 saturated carbocycles. The highest BCUT2D eigenvalue weighted by atomic mass is 14.9. The minimum Gasteiger partial charge on any atom is -0.0995 e. The predicted molar refractivity (Wildman–Crippen MR) is 95.0 cm³/mol. The lowest BCUT2D eigenvalue weighted by atomic mass is 9.45. The highest BCUT2D eigenvalue weighted by Crippen LogP contribution is 2.62. The van der Waals surface area contributed by atoms with Crippen molar-refractivity contribution in [3.8, 4) is 6.57 Å². The maximum absolute atomic E-state index is 6.06. The molecule has 3 aliphatic carbocycles. The van der Waals surface area contributed by atoms with E-state index in [-0.39, 0.29) is 5.54 Å². The van der Waals surface area contributed by atoms with Gasteiger partial charge >= 0.3 is 0 Å². The Morgan fingerprint density at radius 2 is 2.05 bits per heavy atom. The van der Waals surface area contributed by atoms with Gasteiger partial charge < -0.3 is 0 Å². The van der Waals surface area contributed by atoms with Gasteiger partial charge in [0.15, 0.2) is 0 Å². The molecule has 0 radical (unpaired) electrons. The second kappa shape index (κ2) is 5.55.